The molecule has 0 bridgehead atoms. The molecular weight excluding hydrogens is 410 g/mol. The van der Waals surface area contributed by atoms with Crippen molar-refractivity contribution in [2.24, 2.45) is 5.41 Å². The predicted molar refractivity (Wildman–Crippen MR) is 117 cm³/mol. The van der Waals surface area contributed by atoms with E-state index in [9.17, 15) is 14.7 Å². The van der Waals surface area contributed by atoms with Gasteiger partial charge < -0.3 is 24.4 Å². The van der Waals surface area contributed by atoms with Gasteiger partial charge in [-0.05, 0) is 50.1 Å². The Kier molecular flexibility index (Phi) is 5.86. The van der Waals surface area contributed by atoms with Crippen LogP contribution in [0.4, 0.5) is 4.79 Å². The summed E-state index contributed by atoms with van der Waals surface area (Å²) in [6.45, 7) is 5.32. The first-order chi connectivity index (χ1) is 15.5. The zero-order chi connectivity index (χ0) is 22.3. The third kappa shape index (κ3) is 4.11. The highest BCUT2D eigenvalue weighted by atomic mass is 16.6. The van der Waals surface area contributed by atoms with Crippen LogP contribution in [-0.4, -0.2) is 89.0 Å². The van der Waals surface area contributed by atoms with Crippen molar-refractivity contribution in [1.29, 1.82) is 0 Å². The van der Waals surface area contributed by atoms with E-state index in [1.165, 1.54) is 4.90 Å². The van der Waals surface area contributed by atoms with E-state index in [2.05, 4.69) is 4.90 Å². The maximum absolute atomic E-state index is 13.1. The number of β-amino-alcohol motifs (C(OH)–C–C–N with tert-alkyl or cyclic N) is 1. The zero-order valence-corrected chi connectivity index (χ0v) is 18.7. The van der Waals surface area contributed by atoms with Crippen LogP contribution >= 0.6 is 0 Å². The van der Waals surface area contributed by atoms with Crippen LogP contribution in [0.5, 0.6) is 0 Å². The van der Waals surface area contributed by atoms with Gasteiger partial charge in [-0.2, -0.15) is 0 Å². The number of carbonyl (C=O) groups excluding carboxylic acids is 2. The van der Waals surface area contributed by atoms with E-state index < -0.39 is 18.4 Å². The molecule has 8 nitrogen and oxygen atoms in total. The Labute approximate surface area is 189 Å². The number of hydrogen-bond acceptors (Lipinski definition) is 6. The number of piperazine rings is 1. The number of nitrogens with zero attached hydrogens (tertiary/aromatic N) is 3. The molecule has 3 heterocycles. The molecule has 0 aromatic heterocycles. The Morgan fingerprint density at radius 1 is 1.22 bits per heavy atom. The van der Waals surface area contributed by atoms with Crippen LogP contribution < -0.4 is 0 Å². The molecular formula is C24H33N3O5. The second kappa shape index (κ2) is 8.65. The number of ether oxygens (including phenoxy) is 2. The van der Waals surface area contributed by atoms with Crippen LogP contribution in [0.25, 0.3) is 0 Å². The summed E-state index contributed by atoms with van der Waals surface area (Å²) in [5, 5.41) is 10.4. The highest BCUT2D eigenvalue weighted by Crippen LogP contribution is 2.53. The number of aliphatic hydroxyl groups is 1. The summed E-state index contributed by atoms with van der Waals surface area (Å²) in [5.74, 6) is -0.0870. The van der Waals surface area contributed by atoms with Crippen LogP contribution in [0.2, 0.25) is 0 Å². The maximum Gasteiger partial charge on any atom is 0.410 e. The third-order valence-electron chi connectivity index (χ3n) is 7.79. The molecule has 8 heteroatoms. The van der Waals surface area contributed by atoms with Gasteiger partial charge >= 0.3 is 6.09 Å². The van der Waals surface area contributed by atoms with E-state index in [0.717, 1.165) is 50.9 Å². The molecule has 0 radical (unpaired) electrons. The molecule has 3 aliphatic heterocycles. The van der Waals surface area contributed by atoms with E-state index in [1.807, 2.05) is 35.2 Å². The topological polar surface area (TPSA) is 82.6 Å². The van der Waals surface area contributed by atoms with Crippen molar-refractivity contribution in [3.8, 4) is 0 Å². The molecule has 32 heavy (non-hydrogen) atoms. The molecule has 2 amide bonds. The normalized spacial score (nSPS) is 31.6. The van der Waals surface area contributed by atoms with E-state index in [1.54, 1.807) is 6.92 Å². The van der Waals surface area contributed by atoms with E-state index >= 15 is 0 Å². The lowest BCUT2D eigenvalue weighted by molar-refractivity contribution is -0.152. The minimum absolute atomic E-state index is 0.00592. The first-order valence-corrected chi connectivity index (χ1v) is 11.8. The number of hydrogen-bond donors (Lipinski definition) is 1. The molecule has 1 saturated carbocycles. The molecule has 1 aromatic carbocycles. The molecule has 5 rings (SSSR count). The minimum Gasteiger partial charge on any atom is -0.445 e. The van der Waals surface area contributed by atoms with Crippen LogP contribution in [-0.2, 0) is 20.9 Å². The van der Waals surface area contributed by atoms with Gasteiger partial charge in [0.05, 0.1) is 25.3 Å². The summed E-state index contributed by atoms with van der Waals surface area (Å²) in [5.41, 5.74) is 1.11. The minimum atomic E-state index is -0.578. The van der Waals surface area contributed by atoms with Crippen molar-refractivity contribution < 1.29 is 24.2 Å². The second-order valence-corrected chi connectivity index (χ2v) is 9.77. The number of fused-ring (bicyclic) bond motifs is 1. The Morgan fingerprint density at radius 2 is 2.00 bits per heavy atom. The van der Waals surface area contributed by atoms with E-state index in [-0.39, 0.29) is 30.1 Å². The molecule has 4 aliphatic rings. The first kappa shape index (κ1) is 21.7. The zero-order valence-electron chi connectivity index (χ0n) is 18.7. The summed E-state index contributed by atoms with van der Waals surface area (Å²) in [4.78, 5) is 31.4. The van der Waals surface area contributed by atoms with Crippen molar-refractivity contribution >= 4 is 12.0 Å². The highest BCUT2D eigenvalue weighted by molar-refractivity contribution is 5.87. The largest absolute Gasteiger partial charge is 0.445 e. The number of piperidine rings is 1. The smallest absolute Gasteiger partial charge is 0.410 e. The summed E-state index contributed by atoms with van der Waals surface area (Å²) < 4.78 is 11.4. The van der Waals surface area contributed by atoms with Crippen LogP contribution in [0.1, 0.15) is 38.2 Å². The maximum atomic E-state index is 13.1. The quantitative estimate of drug-likeness (QED) is 0.748. The molecule has 1 N–H and O–H groups in total. The number of aliphatic hydroxyl groups excluding tert-OH is 1. The molecule has 4 atom stereocenters. The number of benzene rings is 1. The molecule has 1 spiro atoms. The molecule has 174 valence electrons. The Balaban J connectivity index is 1.14. The standard InChI is InChI=1S/C24H33N3O5/c1-17-22(29)27-19(7-11-25-12-10-24(8-9-24)20(28)13-25)16-31-21(27)14-26(17)23(30)32-15-18-5-3-2-4-6-18/h2-6,17,19-21,28H,7-16H2,1H3/t17-,19-,20?,21?/m0/s1. The number of likely N-dealkylation sites (tertiary alicyclic amines) is 1. The predicted octanol–water partition coefficient (Wildman–Crippen LogP) is 1.82. The monoisotopic (exact) mass is 443 g/mol. The lowest BCUT2D eigenvalue weighted by Crippen LogP contribution is -2.62. The van der Waals surface area contributed by atoms with Crippen molar-refractivity contribution in [3.63, 3.8) is 0 Å². The summed E-state index contributed by atoms with van der Waals surface area (Å²) in [6.07, 6.45) is 3.06. The Bertz CT molecular complexity index is 845. The van der Waals surface area contributed by atoms with Crippen molar-refractivity contribution in [2.75, 3.05) is 32.8 Å². The van der Waals surface area contributed by atoms with Gasteiger partial charge in [-0.15, -0.1) is 0 Å². The van der Waals surface area contributed by atoms with Crippen LogP contribution in [0.3, 0.4) is 0 Å². The van der Waals surface area contributed by atoms with E-state index in [0.29, 0.717) is 13.2 Å². The fourth-order valence-electron chi connectivity index (χ4n) is 5.37. The highest BCUT2D eigenvalue weighted by Gasteiger charge is 2.51. The Hall–Kier alpha value is -2.16. The third-order valence-corrected chi connectivity index (χ3v) is 7.79. The molecule has 2 unspecified atom stereocenters. The van der Waals surface area contributed by atoms with E-state index in [4.69, 9.17) is 9.47 Å². The number of rotatable bonds is 5. The van der Waals surface area contributed by atoms with Crippen molar-refractivity contribution in [2.45, 2.75) is 63.6 Å². The summed E-state index contributed by atoms with van der Waals surface area (Å²) >= 11 is 0. The first-order valence-electron chi connectivity index (χ1n) is 11.8. The SMILES string of the molecule is C[C@H]1C(=O)N2C(CN1C(=O)OCc1ccccc1)OC[C@@H]2CCN1CCC2(CC2)C(O)C1. The van der Waals surface area contributed by atoms with Gasteiger partial charge in [0.25, 0.3) is 0 Å². The van der Waals surface area contributed by atoms with Gasteiger partial charge in [0.2, 0.25) is 5.91 Å². The molecule has 3 saturated heterocycles. The average molecular weight is 444 g/mol. The molecule has 1 aromatic rings. The lowest BCUT2D eigenvalue weighted by atomic mass is 9.90. The number of amides is 2. The number of carbonyl (C=O) groups is 2. The fraction of sp³-hybridized carbons (Fsp3) is 0.667. The fourth-order valence-corrected chi connectivity index (χ4v) is 5.37. The van der Waals surface area contributed by atoms with Crippen molar-refractivity contribution in [1.82, 2.24) is 14.7 Å². The van der Waals surface area contributed by atoms with Crippen LogP contribution in [0, 0.1) is 5.41 Å². The molecule has 4 fully saturated rings. The van der Waals surface area contributed by atoms with Gasteiger partial charge in [0, 0.05) is 13.1 Å². The van der Waals surface area contributed by atoms with Gasteiger partial charge in [-0.1, -0.05) is 30.3 Å². The lowest BCUT2D eigenvalue weighted by Gasteiger charge is -2.42. The van der Waals surface area contributed by atoms with Gasteiger partial charge in [-0.3, -0.25) is 9.69 Å². The van der Waals surface area contributed by atoms with Gasteiger partial charge in [-0.25, -0.2) is 4.79 Å². The second-order valence-electron chi connectivity index (χ2n) is 9.77. The summed E-state index contributed by atoms with van der Waals surface area (Å²) in [7, 11) is 0. The van der Waals surface area contributed by atoms with Gasteiger partial charge in [0.15, 0.2) is 6.23 Å². The van der Waals surface area contributed by atoms with Crippen LogP contribution in [0.15, 0.2) is 30.3 Å². The average Bonchev–Trinajstić information content (AvgIpc) is 3.47. The Morgan fingerprint density at radius 3 is 2.72 bits per heavy atom. The molecule has 1 aliphatic carbocycles. The van der Waals surface area contributed by atoms with Gasteiger partial charge in [0.1, 0.15) is 12.6 Å². The summed E-state index contributed by atoms with van der Waals surface area (Å²) in [6, 6.07) is 8.93. The van der Waals surface area contributed by atoms with Crippen molar-refractivity contribution in [3.05, 3.63) is 35.9 Å².